The number of carbonyl (C=O) groups excluding carboxylic acids is 4. The second kappa shape index (κ2) is 7.79. The van der Waals surface area contributed by atoms with Gasteiger partial charge in [-0.05, 0) is 37.9 Å². The molecule has 0 radical (unpaired) electrons. The number of esters is 2. The number of para-hydroxylation sites is 1. The van der Waals surface area contributed by atoms with Crippen molar-refractivity contribution >= 4 is 41.4 Å². The van der Waals surface area contributed by atoms with Gasteiger partial charge in [0.25, 0.3) is 0 Å². The molecule has 1 aliphatic heterocycles. The van der Waals surface area contributed by atoms with E-state index in [-0.39, 0.29) is 13.2 Å². The van der Waals surface area contributed by atoms with Gasteiger partial charge in [0, 0.05) is 0 Å². The van der Waals surface area contributed by atoms with Crippen LogP contribution in [0.5, 0.6) is 0 Å². The number of hydrogen-bond acceptors (Lipinski definition) is 9. The SMILES string of the molecule is CCOC(=O)C(=O)N(C(=O)C(=O)OCC)N1NSc2ccccc21. The Bertz CT molecular complexity index is 650. The lowest BCUT2D eigenvalue weighted by atomic mass is 10.3. The van der Waals surface area contributed by atoms with Crippen molar-refractivity contribution in [1.82, 2.24) is 9.84 Å². The molecule has 0 atom stereocenters. The Labute approximate surface area is 141 Å². The summed E-state index contributed by atoms with van der Waals surface area (Å²) in [5.41, 5.74) is 0.429. The van der Waals surface area contributed by atoms with E-state index in [1.807, 2.05) is 0 Å². The number of fused-ring (bicyclic) bond motifs is 1. The predicted molar refractivity (Wildman–Crippen MR) is 83.0 cm³/mol. The van der Waals surface area contributed by atoms with E-state index in [0.717, 1.165) is 17.1 Å². The zero-order valence-corrected chi connectivity index (χ0v) is 13.8. The van der Waals surface area contributed by atoms with Crippen molar-refractivity contribution in [3.63, 3.8) is 0 Å². The monoisotopic (exact) mass is 353 g/mol. The molecule has 24 heavy (non-hydrogen) atoms. The van der Waals surface area contributed by atoms with Gasteiger partial charge in [0.2, 0.25) is 0 Å². The minimum atomic E-state index is -1.31. The molecule has 0 unspecified atom stereocenters. The molecular weight excluding hydrogens is 338 g/mol. The molecule has 0 saturated heterocycles. The van der Waals surface area contributed by atoms with Gasteiger partial charge in [0.05, 0.1) is 23.8 Å². The van der Waals surface area contributed by atoms with Crippen molar-refractivity contribution in [1.29, 1.82) is 0 Å². The predicted octanol–water partition coefficient (Wildman–Crippen LogP) is 0.415. The summed E-state index contributed by atoms with van der Waals surface area (Å²) < 4.78 is 9.25. The molecule has 0 saturated carbocycles. The van der Waals surface area contributed by atoms with Crippen LogP contribution in [-0.4, -0.2) is 42.0 Å². The van der Waals surface area contributed by atoms with Gasteiger partial charge >= 0.3 is 23.8 Å². The smallest absolute Gasteiger partial charge is 0.399 e. The molecule has 1 aromatic rings. The molecular formula is C14H15N3O6S. The summed E-state index contributed by atoms with van der Waals surface area (Å²) in [4.78, 5) is 51.5. The highest BCUT2D eigenvalue weighted by atomic mass is 32.2. The Morgan fingerprint density at radius 2 is 1.58 bits per heavy atom. The number of hydrazine groups is 2. The lowest BCUT2D eigenvalue weighted by Crippen LogP contribution is -2.57. The van der Waals surface area contributed by atoms with Gasteiger partial charge in [-0.2, -0.15) is 15.0 Å². The van der Waals surface area contributed by atoms with Crippen molar-refractivity contribution in [2.24, 2.45) is 0 Å². The topological polar surface area (TPSA) is 105 Å². The van der Waals surface area contributed by atoms with Gasteiger partial charge in [-0.25, -0.2) is 9.59 Å². The van der Waals surface area contributed by atoms with Crippen LogP contribution < -0.4 is 9.95 Å². The van der Waals surface area contributed by atoms with Gasteiger partial charge in [0.1, 0.15) is 0 Å². The third-order valence-corrected chi connectivity index (χ3v) is 3.65. The Hall–Kier alpha value is -2.59. The van der Waals surface area contributed by atoms with Crippen molar-refractivity contribution in [3.05, 3.63) is 24.3 Å². The molecule has 1 aromatic carbocycles. The summed E-state index contributed by atoms with van der Waals surface area (Å²) in [7, 11) is 0. The van der Waals surface area contributed by atoms with E-state index in [1.165, 1.54) is 13.8 Å². The van der Waals surface area contributed by atoms with Gasteiger partial charge in [0.15, 0.2) is 0 Å². The molecule has 0 spiro atoms. The van der Waals surface area contributed by atoms with Crippen LogP contribution in [0.3, 0.4) is 0 Å². The van der Waals surface area contributed by atoms with Gasteiger partial charge in [-0.1, -0.05) is 12.1 Å². The maximum Gasteiger partial charge on any atom is 0.399 e. The molecule has 2 amide bonds. The zero-order chi connectivity index (χ0) is 17.7. The fourth-order valence-corrected chi connectivity index (χ4v) is 2.61. The van der Waals surface area contributed by atoms with E-state index in [2.05, 4.69) is 14.3 Å². The molecule has 1 heterocycles. The third kappa shape index (κ3) is 3.49. The number of carbonyl (C=O) groups is 4. The van der Waals surface area contributed by atoms with E-state index >= 15 is 0 Å². The maximum atomic E-state index is 12.3. The Morgan fingerprint density at radius 3 is 2.12 bits per heavy atom. The molecule has 2 rings (SSSR count). The van der Waals surface area contributed by atoms with E-state index < -0.39 is 23.8 Å². The summed E-state index contributed by atoms with van der Waals surface area (Å²) in [6.07, 6.45) is 0. The molecule has 1 N–H and O–H groups in total. The van der Waals surface area contributed by atoms with E-state index in [1.54, 1.807) is 24.3 Å². The molecule has 0 aliphatic carbocycles. The van der Waals surface area contributed by atoms with E-state index in [4.69, 9.17) is 0 Å². The number of anilines is 1. The first kappa shape index (κ1) is 17.8. The summed E-state index contributed by atoms with van der Waals surface area (Å²) >= 11 is 1.11. The van der Waals surface area contributed by atoms with Crippen LogP contribution in [0.4, 0.5) is 5.69 Å². The number of rotatable bonds is 3. The first-order chi connectivity index (χ1) is 11.5. The summed E-state index contributed by atoms with van der Waals surface area (Å²) in [5.74, 6) is -5.13. The Morgan fingerprint density at radius 1 is 1.04 bits per heavy atom. The average molecular weight is 353 g/mol. The molecule has 0 bridgehead atoms. The molecule has 1 aliphatic rings. The third-order valence-electron chi connectivity index (χ3n) is 2.82. The van der Waals surface area contributed by atoms with Crippen LogP contribution in [0.15, 0.2) is 29.2 Å². The highest BCUT2D eigenvalue weighted by Crippen LogP contribution is 2.35. The van der Waals surface area contributed by atoms with Crippen molar-refractivity contribution in [2.45, 2.75) is 18.7 Å². The standard InChI is InChI=1S/C14H15N3O6S/c1-3-22-13(20)11(18)16(12(19)14(21)23-4-2)17-9-7-5-6-8-10(9)24-15-17/h5-8,15H,3-4H2,1-2H3. The van der Waals surface area contributed by atoms with E-state index in [9.17, 15) is 19.2 Å². The number of benzene rings is 1. The largest absolute Gasteiger partial charge is 0.459 e. The molecule has 10 heteroatoms. The Balaban J connectivity index is 2.37. The highest BCUT2D eigenvalue weighted by Gasteiger charge is 2.41. The molecule has 9 nitrogen and oxygen atoms in total. The van der Waals surface area contributed by atoms with Crippen LogP contribution in [0.1, 0.15) is 13.8 Å². The van der Waals surface area contributed by atoms with Crippen LogP contribution in [0.25, 0.3) is 0 Å². The number of amides is 2. The summed E-state index contributed by atoms with van der Waals surface area (Å²) in [6, 6.07) is 6.81. The fraction of sp³-hybridized carbons (Fsp3) is 0.286. The Kier molecular flexibility index (Phi) is 5.77. The van der Waals surface area contributed by atoms with Gasteiger partial charge < -0.3 is 9.47 Å². The maximum absolute atomic E-state index is 12.3. The van der Waals surface area contributed by atoms with Crippen molar-refractivity contribution < 1.29 is 28.7 Å². The fourth-order valence-electron chi connectivity index (χ4n) is 1.84. The van der Waals surface area contributed by atoms with Crippen molar-refractivity contribution in [2.75, 3.05) is 18.3 Å². The lowest BCUT2D eigenvalue weighted by Gasteiger charge is -2.28. The first-order valence-electron chi connectivity index (χ1n) is 7.05. The average Bonchev–Trinajstić information content (AvgIpc) is 2.99. The second-order valence-electron chi connectivity index (χ2n) is 4.34. The molecule has 0 fully saturated rings. The van der Waals surface area contributed by atoms with Crippen LogP contribution in [0.2, 0.25) is 0 Å². The minimum absolute atomic E-state index is 0.0508. The zero-order valence-electron chi connectivity index (χ0n) is 13.0. The number of nitrogens with one attached hydrogen (secondary N) is 1. The highest BCUT2D eigenvalue weighted by molar-refractivity contribution is 7.98. The number of hydrogen-bond donors (Lipinski definition) is 1. The van der Waals surface area contributed by atoms with Crippen LogP contribution in [-0.2, 0) is 28.7 Å². The number of imide groups is 1. The van der Waals surface area contributed by atoms with Crippen LogP contribution >= 0.6 is 11.9 Å². The quantitative estimate of drug-likeness (QED) is 0.470. The second-order valence-corrected chi connectivity index (χ2v) is 5.16. The normalized spacial score (nSPS) is 12.3. The first-order valence-corrected chi connectivity index (χ1v) is 7.86. The minimum Gasteiger partial charge on any atom is -0.459 e. The van der Waals surface area contributed by atoms with Gasteiger partial charge in [-0.15, -0.1) is 0 Å². The lowest BCUT2D eigenvalue weighted by molar-refractivity contribution is -0.169. The number of nitrogens with zero attached hydrogens (tertiary/aromatic N) is 2. The van der Waals surface area contributed by atoms with Crippen molar-refractivity contribution in [3.8, 4) is 0 Å². The van der Waals surface area contributed by atoms with Crippen LogP contribution in [0, 0.1) is 0 Å². The van der Waals surface area contributed by atoms with Gasteiger partial charge in [-0.3, -0.25) is 9.59 Å². The number of ether oxygens (including phenoxy) is 2. The summed E-state index contributed by atoms with van der Waals surface area (Å²) in [5, 5.41) is 1.38. The molecule has 128 valence electrons. The molecule has 0 aromatic heterocycles. The summed E-state index contributed by atoms with van der Waals surface area (Å²) in [6.45, 7) is 2.93. The van der Waals surface area contributed by atoms with E-state index in [0.29, 0.717) is 15.6 Å².